The second kappa shape index (κ2) is 18.0. The van der Waals surface area contributed by atoms with Gasteiger partial charge in [0.15, 0.2) is 0 Å². The van der Waals surface area contributed by atoms with Crippen molar-refractivity contribution in [3.05, 3.63) is 167 Å². The number of anilines is 1. The lowest BCUT2D eigenvalue weighted by molar-refractivity contribution is -0.178. The first-order valence-electron chi connectivity index (χ1n) is 22.4. The van der Waals surface area contributed by atoms with E-state index in [2.05, 4.69) is 17.2 Å². The maximum Gasteiger partial charge on any atom is 0.329 e. The summed E-state index contributed by atoms with van der Waals surface area (Å²) >= 11 is 0. The second-order valence-corrected chi connectivity index (χ2v) is 17.4. The minimum absolute atomic E-state index is 0.102. The van der Waals surface area contributed by atoms with Gasteiger partial charge in [-0.25, -0.2) is 9.69 Å². The lowest BCUT2D eigenvalue weighted by atomic mass is 9.65. The molecule has 65 heavy (non-hydrogen) atoms. The number of nitrogens with zero attached hydrogens (tertiary/aromatic N) is 2. The Kier molecular flexibility index (Phi) is 12.0. The molecule has 4 amide bonds. The zero-order chi connectivity index (χ0) is 45.3. The van der Waals surface area contributed by atoms with Crippen LogP contribution in [0, 0.1) is 17.8 Å². The third-order valence-corrected chi connectivity index (χ3v) is 13.5. The lowest BCUT2D eigenvalue weighted by Crippen LogP contribution is -2.55. The van der Waals surface area contributed by atoms with Crippen molar-refractivity contribution < 1.29 is 38.9 Å². The Morgan fingerprint density at radius 3 is 2.14 bits per heavy atom. The molecule has 1 saturated carbocycles. The molecular formula is C53H52N4O8. The summed E-state index contributed by atoms with van der Waals surface area (Å²) in [5.41, 5.74) is 6.72. The molecule has 3 fully saturated rings. The van der Waals surface area contributed by atoms with E-state index >= 15 is 9.59 Å². The van der Waals surface area contributed by atoms with E-state index in [0.29, 0.717) is 35.3 Å². The maximum atomic E-state index is 16.3. The van der Waals surface area contributed by atoms with E-state index in [0.717, 1.165) is 41.7 Å². The topological polar surface area (TPSA) is 172 Å². The van der Waals surface area contributed by atoms with Crippen LogP contribution in [0.1, 0.15) is 103 Å². The van der Waals surface area contributed by atoms with Gasteiger partial charge in [0, 0.05) is 11.1 Å². The van der Waals surface area contributed by atoms with Crippen LogP contribution in [0.2, 0.25) is 0 Å². The monoisotopic (exact) mass is 872 g/mol. The molecule has 3 aliphatic heterocycles. The van der Waals surface area contributed by atoms with E-state index in [-0.39, 0.29) is 24.5 Å². The van der Waals surface area contributed by atoms with E-state index in [4.69, 9.17) is 15.2 Å². The van der Waals surface area contributed by atoms with Gasteiger partial charge in [-0.05, 0) is 79.1 Å². The zero-order valence-electron chi connectivity index (χ0n) is 36.1. The number of amides is 4. The van der Waals surface area contributed by atoms with Crippen molar-refractivity contribution in [3.63, 3.8) is 0 Å². The Morgan fingerprint density at radius 1 is 0.846 bits per heavy atom. The molecule has 0 bridgehead atoms. The van der Waals surface area contributed by atoms with Gasteiger partial charge in [0.05, 0.1) is 36.3 Å². The van der Waals surface area contributed by atoms with Gasteiger partial charge < -0.3 is 30.7 Å². The Bertz CT molecular complexity index is 2640. The van der Waals surface area contributed by atoms with Gasteiger partial charge in [-0.1, -0.05) is 134 Å². The lowest BCUT2D eigenvalue weighted by Gasteiger charge is -2.46. The molecule has 0 unspecified atom stereocenters. The van der Waals surface area contributed by atoms with Crippen molar-refractivity contribution in [2.45, 2.75) is 86.7 Å². The molecule has 5 aromatic rings. The fourth-order valence-corrected chi connectivity index (χ4v) is 10.7. The molecular weight excluding hydrogens is 821 g/mol. The SMILES string of the molecule is C[C@@H](NC(=O)N1C(=O)[C@@]2(c3cc(C#CC4(O)CCCCCC4)ccc31)[C@H](C(N)=O)[C@H]1C(=O)O[C@H](c3ccccc3)[C@H](c3ccccc3)N1[C@@H]2c1ccccc1OCCO)c1ccccc1. The molecule has 2 saturated heterocycles. The number of nitrogens with two attached hydrogens (primary N) is 1. The fraction of sp³-hybridized carbons (Fsp3) is 0.321. The minimum atomic E-state index is -2.09. The first-order chi connectivity index (χ1) is 31.6. The Labute approximate surface area is 378 Å². The van der Waals surface area contributed by atoms with E-state index in [1.165, 1.54) is 0 Å². The maximum absolute atomic E-state index is 16.3. The number of imide groups is 1. The van der Waals surface area contributed by atoms with Gasteiger partial charge in [0.1, 0.15) is 35.5 Å². The van der Waals surface area contributed by atoms with Crippen LogP contribution in [0.25, 0.3) is 0 Å². The number of nitrogens with one attached hydrogen (secondary N) is 1. The summed E-state index contributed by atoms with van der Waals surface area (Å²) in [6, 6.07) is 35.3. The van der Waals surface area contributed by atoms with Gasteiger partial charge in [-0.15, -0.1) is 0 Å². The number of carbonyl (C=O) groups excluding carboxylic acids is 4. The van der Waals surface area contributed by atoms with Crippen LogP contribution in [-0.2, 0) is 24.5 Å². The van der Waals surface area contributed by atoms with E-state index < -0.39 is 71.0 Å². The van der Waals surface area contributed by atoms with Crippen LogP contribution >= 0.6 is 0 Å². The molecule has 332 valence electrons. The number of urea groups is 1. The second-order valence-electron chi connectivity index (χ2n) is 17.4. The zero-order valence-corrected chi connectivity index (χ0v) is 36.1. The smallest absolute Gasteiger partial charge is 0.329 e. The summed E-state index contributed by atoms with van der Waals surface area (Å²) in [6.45, 7) is 1.39. The fourth-order valence-electron chi connectivity index (χ4n) is 10.7. The van der Waals surface area contributed by atoms with Crippen molar-refractivity contribution in [3.8, 4) is 17.6 Å². The number of benzene rings is 5. The number of primary amides is 1. The third-order valence-electron chi connectivity index (χ3n) is 13.5. The molecule has 1 spiro atoms. The number of rotatable bonds is 9. The average molecular weight is 873 g/mol. The molecule has 0 aromatic heterocycles. The molecule has 12 heteroatoms. The van der Waals surface area contributed by atoms with Crippen LogP contribution in [0.5, 0.6) is 5.75 Å². The molecule has 1 aliphatic carbocycles. The van der Waals surface area contributed by atoms with Crippen LogP contribution in [0.4, 0.5) is 10.5 Å². The highest BCUT2D eigenvalue weighted by Crippen LogP contribution is 2.66. The van der Waals surface area contributed by atoms with Gasteiger partial charge in [-0.3, -0.25) is 19.3 Å². The van der Waals surface area contributed by atoms with E-state index in [1.54, 1.807) is 42.5 Å². The molecule has 9 rings (SSSR count). The van der Waals surface area contributed by atoms with Gasteiger partial charge >= 0.3 is 12.0 Å². The van der Waals surface area contributed by atoms with Crippen molar-refractivity contribution in [1.29, 1.82) is 0 Å². The van der Waals surface area contributed by atoms with Crippen LogP contribution < -0.4 is 20.7 Å². The number of morpholine rings is 1. The highest BCUT2D eigenvalue weighted by molar-refractivity contribution is 6.24. The summed E-state index contributed by atoms with van der Waals surface area (Å²) in [4.78, 5) is 63.9. The van der Waals surface area contributed by atoms with Crippen molar-refractivity contribution >= 4 is 29.5 Å². The number of hydrogen-bond acceptors (Lipinski definition) is 9. The first-order valence-corrected chi connectivity index (χ1v) is 22.4. The number of fused-ring (bicyclic) bond motifs is 3. The number of cyclic esters (lactones) is 1. The predicted molar refractivity (Wildman–Crippen MR) is 243 cm³/mol. The van der Waals surface area contributed by atoms with Gasteiger partial charge in [0.25, 0.3) is 0 Å². The number of esters is 1. The molecule has 5 aromatic carbocycles. The average Bonchev–Trinajstić information content (AvgIpc) is 3.66. The third kappa shape index (κ3) is 7.73. The Balaban J connectivity index is 1.33. The predicted octanol–water partition coefficient (Wildman–Crippen LogP) is 7.12. The summed E-state index contributed by atoms with van der Waals surface area (Å²) in [6.07, 6.45) is 3.76. The minimum Gasteiger partial charge on any atom is -0.491 e. The van der Waals surface area contributed by atoms with Crippen LogP contribution in [0.3, 0.4) is 0 Å². The first kappa shape index (κ1) is 43.5. The summed E-state index contributed by atoms with van der Waals surface area (Å²) in [5.74, 6) is 2.51. The largest absolute Gasteiger partial charge is 0.491 e. The van der Waals surface area contributed by atoms with Crippen molar-refractivity contribution in [2.24, 2.45) is 11.7 Å². The summed E-state index contributed by atoms with van der Waals surface area (Å²) in [7, 11) is 0. The van der Waals surface area contributed by atoms with Crippen LogP contribution in [-0.4, -0.2) is 63.8 Å². The molecule has 4 aliphatic rings. The molecule has 3 heterocycles. The summed E-state index contributed by atoms with van der Waals surface area (Å²) < 4.78 is 12.7. The van der Waals surface area contributed by atoms with Crippen LogP contribution in [0.15, 0.2) is 133 Å². The number of ether oxygens (including phenoxy) is 2. The highest BCUT2D eigenvalue weighted by atomic mass is 16.6. The Hall–Kier alpha value is -6.78. The molecule has 12 nitrogen and oxygen atoms in total. The number of carbonyl (C=O) groups is 4. The van der Waals surface area contributed by atoms with Crippen molar-refractivity contribution in [2.75, 3.05) is 18.1 Å². The summed E-state index contributed by atoms with van der Waals surface area (Å²) in [5, 5.41) is 24.7. The number of aliphatic hydroxyl groups is 2. The molecule has 5 N–H and O–H groups in total. The molecule has 0 radical (unpaired) electrons. The van der Waals surface area contributed by atoms with Gasteiger partial charge in [-0.2, -0.15) is 0 Å². The Morgan fingerprint density at radius 2 is 1.48 bits per heavy atom. The number of hydrogen-bond donors (Lipinski definition) is 4. The quantitative estimate of drug-likeness (QED) is 0.0684. The standard InChI is InChI=1S/C53H52N4O8/c1-34(36-17-7-4-8-18-36)55-51(62)56-41-26-25-35(27-30-52(63)28-15-2-3-16-29-52)33-40(41)53(50(56)61)43(48(54)59)45-49(60)65-46(38-21-11-6-12-22-38)44(37-19-9-5-10-20-37)57(45)47(53)39-23-13-14-24-42(39)64-32-31-58/h4-14,17-26,33-34,43-47,58,63H,2-3,15-16,28-29,31-32H2,1H3,(H2,54,59)(H,55,62)/t34-,43+,44+,45+,46-,47-,53+/m1/s1. The van der Waals surface area contributed by atoms with Gasteiger partial charge in [0.2, 0.25) is 11.8 Å². The highest BCUT2D eigenvalue weighted by Gasteiger charge is 2.75. The normalized spacial score (nSPS) is 25.0. The van der Waals surface area contributed by atoms with E-state index in [1.807, 2.05) is 103 Å². The van der Waals surface area contributed by atoms with Crippen molar-refractivity contribution in [1.82, 2.24) is 10.2 Å². The number of aliphatic hydroxyl groups excluding tert-OH is 1. The number of para-hydroxylation sites is 1. The van der Waals surface area contributed by atoms with E-state index in [9.17, 15) is 19.8 Å². The molecule has 7 atom stereocenters.